The number of amides is 2. The first-order valence-corrected chi connectivity index (χ1v) is 9.28. The maximum atomic E-state index is 12.3. The molecule has 1 aliphatic carbocycles. The van der Waals surface area contributed by atoms with Crippen molar-refractivity contribution in [3.63, 3.8) is 0 Å². The maximum Gasteiger partial charge on any atom is 0.225 e. The molecule has 1 N–H and O–H groups in total. The van der Waals surface area contributed by atoms with Crippen molar-refractivity contribution in [1.82, 2.24) is 15.2 Å². The lowest BCUT2D eigenvalue weighted by Crippen LogP contribution is -2.52. The zero-order chi connectivity index (χ0) is 18.5. The van der Waals surface area contributed by atoms with Gasteiger partial charge in [0.2, 0.25) is 11.8 Å². The van der Waals surface area contributed by atoms with E-state index >= 15 is 0 Å². The number of oxazole rings is 1. The van der Waals surface area contributed by atoms with Gasteiger partial charge in [-0.3, -0.25) is 9.59 Å². The highest BCUT2D eigenvalue weighted by molar-refractivity contribution is 6.31. The Morgan fingerprint density at radius 1 is 1.46 bits per heavy atom. The Labute approximate surface area is 156 Å². The molecule has 2 heterocycles. The topological polar surface area (TPSA) is 75.4 Å². The van der Waals surface area contributed by atoms with E-state index in [0.29, 0.717) is 23.9 Å². The van der Waals surface area contributed by atoms with Gasteiger partial charge in [0.1, 0.15) is 5.52 Å². The molecule has 2 amide bonds. The van der Waals surface area contributed by atoms with Crippen LogP contribution in [0.3, 0.4) is 0 Å². The number of carbonyl (C=O) groups excluding carboxylic acids is 2. The van der Waals surface area contributed by atoms with E-state index in [-0.39, 0.29) is 29.2 Å². The van der Waals surface area contributed by atoms with Crippen molar-refractivity contribution in [3.05, 3.63) is 29.1 Å². The van der Waals surface area contributed by atoms with Crippen molar-refractivity contribution >= 4 is 34.5 Å². The number of halogens is 1. The number of benzene rings is 1. The summed E-state index contributed by atoms with van der Waals surface area (Å²) < 4.78 is 5.82. The molecule has 0 unspecified atom stereocenters. The maximum absolute atomic E-state index is 12.3. The minimum Gasteiger partial charge on any atom is -0.441 e. The van der Waals surface area contributed by atoms with Gasteiger partial charge in [0, 0.05) is 37.5 Å². The van der Waals surface area contributed by atoms with Crippen LogP contribution < -0.4 is 5.32 Å². The average Bonchev–Trinajstić information content (AvgIpc) is 3.08. The first kappa shape index (κ1) is 17.3. The van der Waals surface area contributed by atoms with Crippen LogP contribution in [0.4, 0.5) is 0 Å². The number of hydrogen-bond donors (Lipinski definition) is 1. The second kappa shape index (κ2) is 6.27. The van der Waals surface area contributed by atoms with Crippen LogP contribution in [0.2, 0.25) is 5.02 Å². The molecule has 1 saturated heterocycles. The molecule has 1 aromatic heterocycles. The summed E-state index contributed by atoms with van der Waals surface area (Å²) in [5.41, 5.74) is 1.58. The number of fused-ring (bicyclic) bond motifs is 1. The normalized spacial score (nSPS) is 28.4. The fourth-order valence-corrected chi connectivity index (χ4v) is 4.29. The molecule has 7 heteroatoms. The van der Waals surface area contributed by atoms with Crippen LogP contribution in [0.5, 0.6) is 0 Å². The van der Waals surface area contributed by atoms with Crippen LogP contribution in [0.25, 0.3) is 11.1 Å². The number of nitrogens with one attached hydrogen (secondary N) is 1. The van der Waals surface area contributed by atoms with Crippen LogP contribution in [-0.2, 0) is 16.0 Å². The number of nitrogens with zero attached hydrogens (tertiary/aromatic N) is 2. The molecule has 4 rings (SSSR count). The summed E-state index contributed by atoms with van der Waals surface area (Å²) in [7, 11) is 1.74. The summed E-state index contributed by atoms with van der Waals surface area (Å²) >= 11 is 5.99. The van der Waals surface area contributed by atoms with Crippen LogP contribution in [0.15, 0.2) is 22.6 Å². The third-order valence-electron chi connectivity index (χ3n) is 5.51. The van der Waals surface area contributed by atoms with E-state index in [4.69, 9.17) is 16.0 Å². The smallest absolute Gasteiger partial charge is 0.225 e. The summed E-state index contributed by atoms with van der Waals surface area (Å²) in [4.78, 5) is 30.0. The van der Waals surface area contributed by atoms with Gasteiger partial charge in [0.25, 0.3) is 0 Å². The van der Waals surface area contributed by atoms with Gasteiger partial charge in [-0.05, 0) is 36.5 Å². The van der Waals surface area contributed by atoms with Crippen LogP contribution in [0, 0.1) is 11.3 Å². The molecule has 6 nitrogen and oxygen atoms in total. The lowest BCUT2D eigenvalue weighted by molar-refractivity contribution is -0.129. The highest BCUT2D eigenvalue weighted by Gasteiger charge is 2.43. The Balaban J connectivity index is 1.32. The molecule has 1 saturated carbocycles. The molecule has 0 radical (unpaired) electrons. The van der Waals surface area contributed by atoms with Crippen molar-refractivity contribution in [1.29, 1.82) is 0 Å². The summed E-state index contributed by atoms with van der Waals surface area (Å²) in [6, 6.07) is 5.59. The second-order valence-electron chi connectivity index (χ2n) is 8.00. The molecule has 0 bridgehead atoms. The van der Waals surface area contributed by atoms with Gasteiger partial charge in [0.15, 0.2) is 11.5 Å². The second-order valence-corrected chi connectivity index (χ2v) is 8.43. The molecular weight excluding hydrogens is 354 g/mol. The average molecular weight is 376 g/mol. The Morgan fingerprint density at radius 3 is 2.92 bits per heavy atom. The van der Waals surface area contributed by atoms with Gasteiger partial charge in [-0.15, -0.1) is 0 Å². The van der Waals surface area contributed by atoms with Gasteiger partial charge in [-0.25, -0.2) is 4.98 Å². The number of likely N-dealkylation sites (tertiary alicyclic amines) is 1. The number of aromatic nitrogens is 1. The first-order chi connectivity index (χ1) is 12.3. The minimum atomic E-state index is -0.221. The molecule has 2 fully saturated rings. The summed E-state index contributed by atoms with van der Waals surface area (Å²) in [6.07, 6.45) is 2.82. The monoisotopic (exact) mass is 375 g/mol. The number of hydrogen-bond acceptors (Lipinski definition) is 4. The molecule has 138 valence electrons. The fraction of sp³-hybridized carbons (Fsp3) is 0.526. The molecular formula is C19H22ClN3O3. The number of rotatable bonds is 4. The van der Waals surface area contributed by atoms with Crippen molar-refractivity contribution in [2.24, 2.45) is 11.3 Å². The molecule has 0 spiro atoms. The third-order valence-corrected chi connectivity index (χ3v) is 5.74. The van der Waals surface area contributed by atoms with Gasteiger partial charge < -0.3 is 14.6 Å². The molecule has 1 aromatic carbocycles. The lowest BCUT2D eigenvalue weighted by atomic mass is 9.65. The van der Waals surface area contributed by atoms with Crippen LogP contribution in [-0.4, -0.2) is 41.3 Å². The van der Waals surface area contributed by atoms with Crippen molar-refractivity contribution in [3.8, 4) is 0 Å². The van der Waals surface area contributed by atoms with Crippen molar-refractivity contribution < 1.29 is 14.0 Å². The first-order valence-electron chi connectivity index (χ1n) is 8.91. The highest BCUT2D eigenvalue weighted by atomic mass is 35.5. The van der Waals surface area contributed by atoms with Gasteiger partial charge in [0.05, 0.1) is 5.92 Å². The Bertz CT molecular complexity index is 872. The van der Waals surface area contributed by atoms with Crippen molar-refractivity contribution in [2.45, 2.75) is 38.6 Å². The van der Waals surface area contributed by atoms with Crippen LogP contribution in [0.1, 0.15) is 32.1 Å². The van der Waals surface area contributed by atoms with Crippen molar-refractivity contribution in [2.75, 3.05) is 13.6 Å². The molecule has 2 aromatic rings. The van der Waals surface area contributed by atoms with E-state index < -0.39 is 0 Å². The third kappa shape index (κ3) is 3.30. The van der Waals surface area contributed by atoms with E-state index in [1.54, 1.807) is 24.1 Å². The fourth-order valence-electron chi connectivity index (χ4n) is 4.12. The standard InChI is InChI=1S/C19H22ClN3O3/c1-19(9-16-22-14-6-12(20)3-4-15(14)26-16)7-13(8-19)21-18(25)11-5-17(24)23(2)10-11/h3-4,6,11,13H,5,7-10H2,1-2H3,(H,21,25)/t11-,13-,19+/m1/s1. The molecule has 1 aliphatic heterocycles. The lowest BCUT2D eigenvalue weighted by Gasteiger charge is -2.45. The SMILES string of the molecule is CN1C[C@H](C(=O)N[C@H]2C[C@@](C)(Cc3nc4cc(Cl)ccc4o3)C2)CC1=O. The van der Waals surface area contributed by atoms with E-state index in [1.807, 2.05) is 6.07 Å². The predicted octanol–water partition coefficient (Wildman–Crippen LogP) is 2.79. The summed E-state index contributed by atoms with van der Waals surface area (Å²) in [5.74, 6) is 0.518. The van der Waals surface area contributed by atoms with E-state index in [2.05, 4.69) is 17.2 Å². The largest absolute Gasteiger partial charge is 0.441 e. The quantitative estimate of drug-likeness (QED) is 0.891. The molecule has 1 atom stereocenters. The van der Waals surface area contributed by atoms with Gasteiger partial charge in [-0.2, -0.15) is 0 Å². The molecule has 2 aliphatic rings. The predicted molar refractivity (Wildman–Crippen MR) is 97.7 cm³/mol. The highest BCUT2D eigenvalue weighted by Crippen LogP contribution is 2.43. The zero-order valence-corrected chi connectivity index (χ0v) is 15.7. The Morgan fingerprint density at radius 2 is 2.23 bits per heavy atom. The van der Waals surface area contributed by atoms with Crippen LogP contribution >= 0.6 is 11.6 Å². The zero-order valence-electron chi connectivity index (χ0n) is 14.9. The Kier molecular flexibility index (Phi) is 4.18. The Hall–Kier alpha value is -2.08. The van der Waals surface area contributed by atoms with E-state index in [9.17, 15) is 9.59 Å². The van der Waals surface area contributed by atoms with Gasteiger partial charge in [-0.1, -0.05) is 18.5 Å². The summed E-state index contributed by atoms with van der Waals surface area (Å²) in [6.45, 7) is 2.70. The number of carbonyl (C=O) groups is 2. The molecule has 26 heavy (non-hydrogen) atoms. The van der Waals surface area contributed by atoms with Gasteiger partial charge >= 0.3 is 0 Å². The van der Waals surface area contributed by atoms with E-state index in [1.165, 1.54) is 0 Å². The minimum absolute atomic E-state index is 0.00810. The van der Waals surface area contributed by atoms with E-state index in [0.717, 1.165) is 30.4 Å². The summed E-state index contributed by atoms with van der Waals surface area (Å²) in [5, 5.41) is 3.73.